The van der Waals surface area contributed by atoms with Gasteiger partial charge in [-0.15, -0.1) is 0 Å². The van der Waals surface area contributed by atoms with Gasteiger partial charge < -0.3 is 15.6 Å². The predicted octanol–water partition coefficient (Wildman–Crippen LogP) is 3.18. The number of para-hydroxylation sites is 2. The van der Waals surface area contributed by atoms with Crippen molar-refractivity contribution in [2.24, 2.45) is 0 Å². The molecule has 8 nitrogen and oxygen atoms in total. The standard InChI is InChI=1S/C21H24F3N5O3S/c1-2-33(31,32)26-11-10-25-19(30)13-18(14-6-5-7-15(12-14)21(22,23)24)29-20-27-16-8-3-4-9-17(16)28-20/h3-9,12,18,26H,2,10-11,13H2,1H3,(H,25,30)(H2,27,28,29). The van der Waals surface area contributed by atoms with Crippen molar-refractivity contribution < 1.29 is 26.4 Å². The third-order valence-electron chi connectivity index (χ3n) is 4.86. The number of benzene rings is 2. The molecule has 2 aromatic carbocycles. The quantitative estimate of drug-likeness (QED) is 0.331. The molecule has 178 valence electrons. The summed E-state index contributed by atoms with van der Waals surface area (Å²) < 4.78 is 64.9. The van der Waals surface area contributed by atoms with Crippen molar-refractivity contribution in [2.45, 2.75) is 25.6 Å². The van der Waals surface area contributed by atoms with E-state index in [0.29, 0.717) is 11.5 Å². The van der Waals surface area contributed by atoms with E-state index in [2.05, 4.69) is 25.3 Å². The van der Waals surface area contributed by atoms with Gasteiger partial charge in [-0.1, -0.05) is 24.3 Å². The molecule has 0 saturated carbocycles. The predicted molar refractivity (Wildman–Crippen MR) is 119 cm³/mol. The number of sulfonamides is 1. The van der Waals surface area contributed by atoms with E-state index in [9.17, 15) is 26.4 Å². The van der Waals surface area contributed by atoms with Gasteiger partial charge in [0.1, 0.15) is 0 Å². The number of nitrogens with zero attached hydrogens (tertiary/aromatic N) is 1. The number of nitrogens with one attached hydrogen (secondary N) is 4. The first-order valence-corrected chi connectivity index (χ1v) is 11.8. The lowest BCUT2D eigenvalue weighted by atomic mass is 10.0. The topological polar surface area (TPSA) is 116 Å². The van der Waals surface area contributed by atoms with E-state index in [1.165, 1.54) is 19.1 Å². The average Bonchev–Trinajstić information content (AvgIpc) is 3.18. The molecule has 4 N–H and O–H groups in total. The molecule has 3 rings (SSSR count). The van der Waals surface area contributed by atoms with Crippen LogP contribution in [0, 0.1) is 0 Å². The van der Waals surface area contributed by atoms with Crippen molar-refractivity contribution in [3.8, 4) is 0 Å². The van der Waals surface area contributed by atoms with Crippen molar-refractivity contribution >= 4 is 32.9 Å². The Morgan fingerprint density at radius 3 is 2.58 bits per heavy atom. The van der Waals surface area contributed by atoms with Crippen LogP contribution in [0.1, 0.15) is 30.5 Å². The van der Waals surface area contributed by atoms with E-state index >= 15 is 0 Å². The number of alkyl halides is 3. The number of anilines is 1. The number of H-pyrrole nitrogens is 1. The third kappa shape index (κ3) is 6.93. The number of carbonyl (C=O) groups is 1. The Kier molecular flexibility index (Phi) is 7.59. The van der Waals surface area contributed by atoms with Crippen LogP contribution in [0.25, 0.3) is 11.0 Å². The Hall–Kier alpha value is -3.12. The Labute approximate surface area is 189 Å². The molecular weight excluding hydrogens is 459 g/mol. The van der Waals surface area contributed by atoms with E-state index in [-0.39, 0.29) is 30.8 Å². The highest BCUT2D eigenvalue weighted by Crippen LogP contribution is 2.32. The Morgan fingerprint density at radius 2 is 1.88 bits per heavy atom. The molecule has 12 heteroatoms. The molecule has 0 radical (unpaired) electrons. The van der Waals surface area contributed by atoms with Crippen molar-refractivity contribution in [2.75, 3.05) is 24.2 Å². The molecule has 0 bridgehead atoms. The fourth-order valence-corrected chi connectivity index (χ4v) is 3.76. The second kappa shape index (κ2) is 10.2. The molecule has 1 unspecified atom stereocenters. The van der Waals surface area contributed by atoms with Crippen LogP contribution >= 0.6 is 0 Å². The van der Waals surface area contributed by atoms with Crippen molar-refractivity contribution in [3.63, 3.8) is 0 Å². The number of fused-ring (bicyclic) bond motifs is 1. The molecule has 1 aromatic heterocycles. The Bertz CT molecular complexity index is 1180. The zero-order chi connectivity index (χ0) is 24.1. The Morgan fingerprint density at radius 1 is 1.12 bits per heavy atom. The largest absolute Gasteiger partial charge is 0.416 e. The summed E-state index contributed by atoms with van der Waals surface area (Å²) in [6.07, 6.45) is -4.72. The first-order chi connectivity index (χ1) is 15.6. The molecule has 0 spiro atoms. The summed E-state index contributed by atoms with van der Waals surface area (Å²) in [7, 11) is -3.39. The van der Waals surface area contributed by atoms with E-state index < -0.39 is 33.7 Å². The van der Waals surface area contributed by atoms with Crippen LogP contribution < -0.4 is 15.4 Å². The van der Waals surface area contributed by atoms with Crippen LogP contribution in [-0.4, -0.2) is 43.1 Å². The Balaban J connectivity index is 1.76. The van der Waals surface area contributed by atoms with Crippen molar-refractivity contribution in [3.05, 3.63) is 59.7 Å². The van der Waals surface area contributed by atoms with Gasteiger partial charge in [-0.3, -0.25) is 4.79 Å². The lowest BCUT2D eigenvalue weighted by Gasteiger charge is -2.20. The van der Waals surface area contributed by atoms with Crippen molar-refractivity contribution in [1.82, 2.24) is 20.0 Å². The van der Waals surface area contributed by atoms with Gasteiger partial charge >= 0.3 is 6.18 Å². The zero-order valence-corrected chi connectivity index (χ0v) is 18.6. The number of hydrogen-bond donors (Lipinski definition) is 4. The summed E-state index contributed by atoms with van der Waals surface area (Å²) in [5, 5.41) is 5.59. The highest BCUT2D eigenvalue weighted by atomic mass is 32.2. The van der Waals surface area contributed by atoms with Gasteiger partial charge in [0.25, 0.3) is 0 Å². The normalized spacial score (nSPS) is 13.1. The molecule has 0 saturated heterocycles. The highest BCUT2D eigenvalue weighted by molar-refractivity contribution is 7.89. The number of rotatable bonds is 10. The first-order valence-electron chi connectivity index (χ1n) is 10.2. The van der Waals surface area contributed by atoms with Crippen molar-refractivity contribution in [1.29, 1.82) is 0 Å². The van der Waals surface area contributed by atoms with Crippen LogP contribution in [0.15, 0.2) is 48.5 Å². The number of imidazole rings is 1. The maximum atomic E-state index is 13.2. The number of carbonyl (C=O) groups excluding carboxylic acids is 1. The van der Waals surface area contributed by atoms with Gasteiger partial charge in [-0.2, -0.15) is 13.2 Å². The molecule has 1 heterocycles. The minimum Gasteiger partial charge on any atom is -0.355 e. The smallest absolute Gasteiger partial charge is 0.355 e. The summed E-state index contributed by atoms with van der Waals surface area (Å²) >= 11 is 0. The van der Waals surface area contributed by atoms with Gasteiger partial charge in [0.05, 0.1) is 34.8 Å². The van der Waals surface area contributed by atoms with Crippen LogP contribution in [-0.2, 0) is 21.0 Å². The molecule has 33 heavy (non-hydrogen) atoms. The van der Waals surface area contributed by atoms with Gasteiger partial charge in [-0.05, 0) is 36.8 Å². The summed E-state index contributed by atoms with van der Waals surface area (Å²) in [6, 6.07) is 11.1. The van der Waals surface area contributed by atoms with E-state index in [0.717, 1.165) is 17.6 Å². The first kappa shape index (κ1) is 24.5. The molecule has 0 aliphatic carbocycles. The molecule has 0 aliphatic heterocycles. The second-order valence-corrected chi connectivity index (χ2v) is 9.37. The minimum absolute atomic E-state index is 0.00708. The summed E-state index contributed by atoms with van der Waals surface area (Å²) in [5.41, 5.74) is 0.823. The molecule has 0 fully saturated rings. The SMILES string of the molecule is CCS(=O)(=O)NCCNC(=O)CC(Nc1nc2ccccc2[nH]1)c1cccc(C(F)(F)F)c1. The third-order valence-corrected chi connectivity index (χ3v) is 6.26. The van der Waals surface area contributed by atoms with Crippen LogP contribution in [0.2, 0.25) is 0 Å². The van der Waals surface area contributed by atoms with Crippen LogP contribution in [0.5, 0.6) is 0 Å². The average molecular weight is 484 g/mol. The van der Waals surface area contributed by atoms with Gasteiger partial charge in [-0.25, -0.2) is 18.1 Å². The van der Waals surface area contributed by atoms with Gasteiger partial charge in [0.2, 0.25) is 21.9 Å². The maximum Gasteiger partial charge on any atom is 0.416 e. The van der Waals surface area contributed by atoms with E-state index in [1.807, 2.05) is 6.07 Å². The highest BCUT2D eigenvalue weighted by Gasteiger charge is 2.31. The van der Waals surface area contributed by atoms with Crippen LogP contribution in [0.3, 0.4) is 0 Å². The molecule has 0 aliphatic rings. The summed E-state index contributed by atoms with van der Waals surface area (Å²) in [5.74, 6) is -0.237. The summed E-state index contributed by atoms with van der Waals surface area (Å²) in [6.45, 7) is 1.54. The summed E-state index contributed by atoms with van der Waals surface area (Å²) in [4.78, 5) is 19.9. The van der Waals surface area contributed by atoms with Gasteiger partial charge in [0.15, 0.2) is 0 Å². The molecule has 1 amide bonds. The maximum absolute atomic E-state index is 13.2. The monoisotopic (exact) mass is 483 g/mol. The minimum atomic E-state index is -4.53. The van der Waals surface area contributed by atoms with Crippen LogP contribution in [0.4, 0.5) is 19.1 Å². The number of aromatic nitrogens is 2. The number of aromatic amines is 1. The lowest BCUT2D eigenvalue weighted by molar-refractivity contribution is -0.137. The fraction of sp³-hybridized carbons (Fsp3) is 0.333. The fourth-order valence-electron chi connectivity index (χ4n) is 3.14. The number of halogens is 3. The molecular formula is C21H24F3N5O3S. The molecule has 1 atom stereocenters. The molecule has 3 aromatic rings. The number of hydrogen-bond acceptors (Lipinski definition) is 5. The lowest BCUT2D eigenvalue weighted by Crippen LogP contribution is -2.36. The van der Waals surface area contributed by atoms with E-state index in [4.69, 9.17) is 0 Å². The van der Waals surface area contributed by atoms with Gasteiger partial charge in [0, 0.05) is 13.1 Å². The second-order valence-electron chi connectivity index (χ2n) is 7.27. The number of amides is 1. The van der Waals surface area contributed by atoms with E-state index in [1.54, 1.807) is 18.2 Å². The zero-order valence-electron chi connectivity index (χ0n) is 17.7.